The molecule has 1 atom stereocenters. The summed E-state index contributed by atoms with van der Waals surface area (Å²) in [6.07, 6.45) is 3.94. The molecule has 0 radical (unpaired) electrons. The first kappa shape index (κ1) is 14.1. The molecule has 1 unspecified atom stereocenters. The molecule has 0 aliphatic heterocycles. The van der Waals surface area contributed by atoms with Gasteiger partial charge in [-0.15, -0.1) is 0 Å². The highest BCUT2D eigenvalue weighted by Crippen LogP contribution is 2.05. The Balaban J connectivity index is 2.44. The quantitative estimate of drug-likeness (QED) is 0.703. The summed E-state index contributed by atoms with van der Waals surface area (Å²) >= 11 is 0. The second-order valence-electron chi connectivity index (χ2n) is 4.27. The lowest BCUT2D eigenvalue weighted by atomic mass is 10.1. The third-order valence-corrected chi connectivity index (χ3v) is 2.74. The zero-order valence-corrected chi connectivity index (χ0v) is 11.2. The minimum atomic E-state index is 0.460. The molecule has 1 rings (SSSR count). The molecule has 96 valence electrons. The van der Waals surface area contributed by atoms with Crippen LogP contribution in [0.2, 0.25) is 0 Å². The normalized spacial score (nSPS) is 12.6. The highest BCUT2D eigenvalue weighted by Gasteiger charge is 2.08. The smallest absolute Gasteiger partial charge is 0.0480 e. The van der Waals surface area contributed by atoms with E-state index in [2.05, 4.69) is 36.3 Å². The fraction of sp³-hybridized carbons (Fsp3) is 0.643. The Bertz CT molecular complexity index is 298. The van der Waals surface area contributed by atoms with E-state index >= 15 is 0 Å². The van der Waals surface area contributed by atoms with Crippen molar-refractivity contribution in [2.24, 2.45) is 0 Å². The van der Waals surface area contributed by atoms with E-state index in [0.29, 0.717) is 6.04 Å². The monoisotopic (exact) mass is 236 g/mol. The number of hydrogen-bond acceptors (Lipinski definition) is 3. The van der Waals surface area contributed by atoms with Gasteiger partial charge in [-0.25, -0.2) is 0 Å². The Kier molecular flexibility index (Phi) is 6.82. The van der Waals surface area contributed by atoms with Crippen LogP contribution < -0.4 is 5.32 Å². The van der Waals surface area contributed by atoms with Gasteiger partial charge in [0.05, 0.1) is 0 Å². The van der Waals surface area contributed by atoms with E-state index in [4.69, 9.17) is 4.74 Å². The molecule has 0 aliphatic carbocycles. The van der Waals surface area contributed by atoms with E-state index in [-0.39, 0.29) is 0 Å². The highest BCUT2D eigenvalue weighted by atomic mass is 16.5. The molecule has 1 heterocycles. The molecule has 0 fully saturated rings. The van der Waals surface area contributed by atoms with Gasteiger partial charge in [-0.2, -0.15) is 0 Å². The molecular weight excluding hydrogens is 212 g/mol. The summed E-state index contributed by atoms with van der Waals surface area (Å²) in [5, 5.41) is 3.48. The van der Waals surface area contributed by atoms with Gasteiger partial charge in [0.15, 0.2) is 0 Å². The summed E-state index contributed by atoms with van der Waals surface area (Å²) in [4.78, 5) is 4.45. The van der Waals surface area contributed by atoms with E-state index in [0.717, 1.165) is 38.3 Å². The van der Waals surface area contributed by atoms with Crippen molar-refractivity contribution in [1.29, 1.82) is 0 Å². The second-order valence-corrected chi connectivity index (χ2v) is 4.27. The maximum atomic E-state index is 5.41. The van der Waals surface area contributed by atoms with Gasteiger partial charge in [0.25, 0.3) is 0 Å². The van der Waals surface area contributed by atoms with Crippen molar-refractivity contribution in [3.8, 4) is 0 Å². The lowest BCUT2D eigenvalue weighted by Gasteiger charge is -2.17. The number of rotatable bonds is 8. The largest absolute Gasteiger partial charge is 0.382 e. The van der Waals surface area contributed by atoms with Crippen molar-refractivity contribution >= 4 is 0 Å². The Labute approximate surface area is 105 Å². The maximum absolute atomic E-state index is 5.41. The molecule has 0 aliphatic rings. The summed E-state index contributed by atoms with van der Waals surface area (Å²) in [5.74, 6) is 0. The van der Waals surface area contributed by atoms with E-state index in [1.54, 1.807) is 0 Å². The lowest BCUT2D eigenvalue weighted by molar-refractivity contribution is 0.136. The van der Waals surface area contributed by atoms with Crippen LogP contribution in [0.25, 0.3) is 0 Å². The van der Waals surface area contributed by atoms with Crippen LogP contribution in [-0.4, -0.2) is 30.8 Å². The number of nitrogens with one attached hydrogen (secondary N) is 1. The van der Waals surface area contributed by atoms with Crippen LogP contribution in [0.1, 0.15) is 31.5 Å². The predicted octanol–water partition coefficient (Wildman–Crippen LogP) is 2.34. The Morgan fingerprint density at radius 3 is 2.76 bits per heavy atom. The van der Waals surface area contributed by atoms with Crippen LogP contribution >= 0.6 is 0 Å². The average molecular weight is 236 g/mol. The standard InChI is InChI=1S/C14H24N2O/c1-4-15-14(8-9-17-5-2)10-13-7-6-12(3)11-16-13/h6-7,11,14-15H,4-5,8-10H2,1-3H3. The minimum Gasteiger partial charge on any atom is -0.382 e. The molecule has 3 nitrogen and oxygen atoms in total. The summed E-state index contributed by atoms with van der Waals surface area (Å²) in [6, 6.07) is 4.69. The van der Waals surface area contributed by atoms with Crippen molar-refractivity contribution in [3.05, 3.63) is 29.6 Å². The number of hydrogen-bond donors (Lipinski definition) is 1. The zero-order valence-electron chi connectivity index (χ0n) is 11.2. The average Bonchev–Trinajstić information content (AvgIpc) is 2.32. The molecule has 1 aromatic heterocycles. The van der Waals surface area contributed by atoms with Gasteiger partial charge in [-0.05, 0) is 38.4 Å². The first-order valence-electron chi connectivity index (χ1n) is 6.49. The lowest BCUT2D eigenvalue weighted by Crippen LogP contribution is -2.32. The van der Waals surface area contributed by atoms with Crippen molar-refractivity contribution < 1.29 is 4.74 Å². The Morgan fingerprint density at radius 1 is 1.35 bits per heavy atom. The van der Waals surface area contributed by atoms with Gasteiger partial charge in [-0.3, -0.25) is 4.98 Å². The van der Waals surface area contributed by atoms with Gasteiger partial charge >= 0.3 is 0 Å². The second kappa shape index (κ2) is 8.20. The minimum absolute atomic E-state index is 0.460. The Morgan fingerprint density at radius 2 is 2.18 bits per heavy atom. The molecule has 0 saturated carbocycles. The van der Waals surface area contributed by atoms with Gasteiger partial charge in [0.1, 0.15) is 0 Å². The van der Waals surface area contributed by atoms with E-state index < -0.39 is 0 Å². The zero-order chi connectivity index (χ0) is 12.5. The fourth-order valence-electron chi connectivity index (χ4n) is 1.81. The summed E-state index contributed by atoms with van der Waals surface area (Å²) in [5.41, 5.74) is 2.36. The molecule has 3 heteroatoms. The molecule has 17 heavy (non-hydrogen) atoms. The molecule has 1 N–H and O–H groups in total. The van der Waals surface area contributed by atoms with Gasteiger partial charge in [0, 0.05) is 37.6 Å². The van der Waals surface area contributed by atoms with E-state index in [1.165, 1.54) is 5.56 Å². The van der Waals surface area contributed by atoms with Gasteiger partial charge in [0.2, 0.25) is 0 Å². The van der Waals surface area contributed by atoms with Crippen LogP contribution in [0.15, 0.2) is 18.3 Å². The number of ether oxygens (including phenoxy) is 1. The van der Waals surface area contributed by atoms with Crippen molar-refractivity contribution in [2.45, 2.75) is 39.7 Å². The summed E-state index contributed by atoms with van der Waals surface area (Å²) in [7, 11) is 0. The van der Waals surface area contributed by atoms with Gasteiger partial charge in [-0.1, -0.05) is 13.0 Å². The van der Waals surface area contributed by atoms with Crippen LogP contribution in [0.5, 0.6) is 0 Å². The fourth-order valence-corrected chi connectivity index (χ4v) is 1.81. The van der Waals surface area contributed by atoms with Crippen LogP contribution in [0, 0.1) is 6.92 Å². The predicted molar refractivity (Wildman–Crippen MR) is 71.3 cm³/mol. The topological polar surface area (TPSA) is 34.1 Å². The van der Waals surface area contributed by atoms with Crippen LogP contribution in [-0.2, 0) is 11.2 Å². The molecule has 0 spiro atoms. The maximum Gasteiger partial charge on any atom is 0.0480 e. The number of likely N-dealkylation sites (N-methyl/N-ethyl adjacent to an activating group) is 1. The number of pyridine rings is 1. The van der Waals surface area contributed by atoms with Gasteiger partial charge < -0.3 is 10.1 Å². The number of aryl methyl sites for hydroxylation is 1. The van der Waals surface area contributed by atoms with Crippen LogP contribution in [0.3, 0.4) is 0 Å². The molecule has 0 amide bonds. The molecule has 0 aromatic carbocycles. The van der Waals surface area contributed by atoms with E-state index in [9.17, 15) is 0 Å². The van der Waals surface area contributed by atoms with Crippen LogP contribution in [0.4, 0.5) is 0 Å². The van der Waals surface area contributed by atoms with Crippen molar-refractivity contribution in [2.75, 3.05) is 19.8 Å². The number of aromatic nitrogens is 1. The highest BCUT2D eigenvalue weighted by molar-refractivity contribution is 5.13. The summed E-state index contributed by atoms with van der Waals surface area (Å²) in [6.45, 7) is 8.83. The third kappa shape index (κ3) is 5.80. The molecular formula is C14H24N2O. The molecule has 0 saturated heterocycles. The van der Waals surface area contributed by atoms with Crippen molar-refractivity contribution in [3.63, 3.8) is 0 Å². The third-order valence-electron chi connectivity index (χ3n) is 2.74. The Hall–Kier alpha value is -0.930. The molecule has 1 aromatic rings. The summed E-state index contributed by atoms with van der Waals surface area (Å²) < 4.78 is 5.41. The first-order chi connectivity index (χ1) is 8.26. The number of nitrogens with zero attached hydrogens (tertiary/aromatic N) is 1. The first-order valence-corrected chi connectivity index (χ1v) is 6.49. The van der Waals surface area contributed by atoms with E-state index in [1.807, 2.05) is 13.1 Å². The SMILES string of the molecule is CCNC(CCOCC)Cc1ccc(C)cn1. The molecule has 0 bridgehead atoms. The van der Waals surface area contributed by atoms with Crippen molar-refractivity contribution in [1.82, 2.24) is 10.3 Å².